The van der Waals surface area contributed by atoms with Gasteiger partial charge in [-0.2, -0.15) is 0 Å². The molecule has 8 heteroatoms. The number of carbonyl (C=O) groups is 2. The Balaban J connectivity index is 1.58. The van der Waals surface area contributed by atoms with E-state index in [2.05, 4.69) is 20.8 Å². The van der Waals surface area contributed by atoms with Crippen molar-refractivity contribution in [1.82, 2.24) is 14.1 Å². The van der Waals surface area contributed by atoms with Crippen LogP contribution in [0, 0.1) is 0 Å². The summed E-state index contributed by atoms with van der Waals surface area (Å²) in [7, 11) is 0. The molecule has 0 bridgehead atoms. The zero-order chi connectivity index (χ0) is 20.9. The summed E-state index contributed by atoms with van der Waals surface area (Å²) in [5, 5.41) is 10.4. The van der Waals surface area contributed by atoms with E-state index in [-0.39, 0.29) is 24.4 Å². The van der Waals surface area contributed by atoms with E-state index in [1.165, 1.54) is 6.92 Å². The van der Waals surface area contributed by atoms with Gasteiger partial charge in [0, 0.05) is 6.92 Å². The Morgan fingerprint density at radius 2 is 1.66 bits per heavy atom. The monoisotopic (exact) mass is 397 g/mol. The highest BCUT2D eigenvalue weighted by Crippen LogP contribution is 2.34. The van der Waals surface area contributed by atoms with Crippen LogP contribution < -0.4 is 0 Å². The fourth-order valence-electron chi connectivity index (χ4n) is 3.23. The number of fused-ring (bicyclic) bond motifs is 4. The number of ether oxygens (including phenoxy) is 2. The van der Waals surface area contributed by atoms with Crippen molar-refractivity contribution < 1.29 is 24.2 Å². The molecule has 2 aromatic carbocycles. The molecule has 0 spiro atoms. The third-order valence-corrected chi connectivity index (χ3v) is 4.83. The summed E-state index contributed by atoms with van der Waals surface area (Å²) < 4.78 is 13.7. The number of hydrogen-bond donors (Lipinski definition) is 1. The average Bonchev–Trinajstić information content (AvgIpc) is 3.30. The van der Waals surface area contributed by atoms with Crippen molar-refractivity contribution in [2.24, 2.45) is 0 Å². The van der Waals surface area contributed by atoms with E-state index >= 15 is 0 Å². The number of benzene rings is 2. The van der Waals surface area contributed by atoms with Gasteiger partial charge in [0.1, 0.15) is 35.7 Å². The summed E-state index contributed by atoms with van der Waals surface area (Å²) in [6, 6.07) is 10.9. The second kappa shape index (κ2) is 6.58. The van der Waals surface area contributed by atoms with Crippen LogP contribution in [0.4, 0.5) is 0 Å². The van der Waals surface area contributed by atoms with Gasteiger partial charge in [0.2, 0.25) is 0 Å². The molecule has 0 aliphatic heterocycles. The number of esters is 2. The molecule has 0 aliphatic rings. The highest BCUT2D eigenvalue weighted by Gasteiger charge is 2.28. The van der Waals surface area contributed by atoms with Crippen molar-refractivity contribution in [3.63, 3.8) is 0 Å². The van der Waals surface area contributed by atoms with Crippen LogP contribution in [0.15, 0.2) is 36.4 Å². The van der Waals surface area contributed by atoms with Crippen molar-refractivity contribution in [3.05, 3.63) is 47.5 Å². The van der Waals surface area contributed by atoms with Crippen molar-refractivity contribution in [2.45, 2.75) is 33.1 Å². The average molecular weight is 397 g/mol. The first-order valence-corrected chi connectivity index (χ1v) is 9.36. The molecule has 4 aromatic rings. The Morgan fingerprint density at radius 3 is 2.34 bits per heavy atom. The van der Waals surface area contributed by atoms with Gasteiger partial charge in [-0.3, -0.25) is 4.79 Å². The Morgan fingerprint density at radius 1 is 0.966 bits per heavy atom. The maximum Gasteiger partial charge on any atom is 0.338 e. The van der Waals surface area contributed by atoms with Gasteiger partial charge in [-0.25, -0.2) is 4.79 Å². The normalized spacial score (nSPS) is 12.1. The number of nitrogens with zero attached hydrogens (tertiary/aromatic N) is 3. The van der Waals surface area contributed by atoms with Gasteiger partial charge < -0.3 is 14.6 Å². The lowest BCUT2D eigenvalue weighted by Crippen LogP contribution is -2.12. The van der Waals surface area contributed by atoms with Crippen molar-refractivity contribution in [1.29, 1.82) is 0 Å². The van der Waals surface area contributed by atoms with Crippen LogP contribution >= 0.6 is 0 Å². The molecule has 2 aromatic heterocycles. The summed E-state index contributed by atoms with van der Waals surface area (Å²) in [6.45, 7) is 7.70. The Labute approximate surface area is 167 Å². The fourth-order valence-corrected chi connectivity index (χ4v) is 3.23. The summed E-state index contributed by atoms with van der Waals surface area (Å²) >= 11 is 0. The van der Waals surface area contributed by atoms with Gasteiger partial charge in [0.15, 0.2) is 0 Å². The lowest BCUT2D eigenvalue weighted by molar-refractivity contribution is -0.142. The van der Waals surface area contributed by atoms with E-state index in [0.717, 1.165) is 16.6 Å². The molecule has 8 nitrogen and oxygen atoms in total. The Bertz CT molecular complexity index is 1200. The van der Waals surface area contributed by atoms with Gasteiger partial charge in [-0.05, 0) is 41.3 Å². The SMILES string of the molecule is CC(=O)OCCOC(=O)c1ccc2c(c1)n1n(-c3cc(C(C)(C)C)ccc3O)n21. The van der Waals surface area contributed by atoms with Crippen LogP contribution in [0.2, 0.25) is 0 Å². The predicted octanol–water partition coefficient (Wildman–Crippen LogP) is 3.14. The van der Waals surface area contributed by atoms with Gasteiger partial charge in [-0.15, -0.1) is 14.1 Å². The minimum absolute atomic E-state index is 0.00489. The van der Waals surface area contributed by atoms with Crippen LogP contribution in [0.25, 0.3) is 16.7 Å². The van der Waals surface area contributed by atoms with Crippen LogP contribution in [-0.2, 0) is 19.7 Å². The number of aromatic nitrogens is 3. The molecule has 1 N–H and O–H groups in total. The maximum atomic E-state index is 12.2. The van der Waals surface area contributed by atoms with E-state index in [4.69, 9.17) is 9.47 Å². The highest BCUT2D eigenvalue weighted by atomic mass is 16.6. The molecule has 0 aliphatic carbocycles. The first kappa shape index (κ1) is 18.9. The van der Waals surface area contributed by atoms with Crippen molar-refractivity contribution in [2.75, 3.05) is 13.2 Å². The van der Waals surface area contributed by atoms with Crippen molar-refractivity contribution in [3.8, 4) is 11.4 Å². The Hall–Kier alpha value is -3.42. The largest absolute Gasteiger partial charge is 0.506 e. The van der Waals surface area contributed by atoms with E-state index < -0.39 is 11.9 Å². The number of aromatic hydroxyl groups is 1. The molecule has 0 saturated heterocycles. The van der Waals surface area contributed by atoms with Crippen LogP contribution in [0.5, 0.6) is 5.75 Å². The van der Waals surface area contributed by atoms with Gasteiger partial charge in [-0.1, -0.05) is 26.8 Å². The summed E-state index contributed by atoms with van der Waals surface area (Å²) in [4.78, 5) is 24.8. The molecule has 4 rings (SSSR count). The van der Waals surface area contributed by atoms with Crippen LogP contribution in [-0.4, -0.2) is 44.3 Å². The smallest absolute Gasteiger partial charge is 0.338 e. The minimum Gasteiger partial charge on any atom is -0.506 e. The molecular formula is C21H23N3O5. The van der Waals surface area contributed by atoms with E-state index in [9.17, 15) is 14.7 Å². The standard InChI is InChI=1S/C21H23N3O5/c1-13(25)28-9-10-29-20(27)14-5-7-16-17(11-14)23-22(16)24(23)18-12-15(21(2,3)4)6-8-19(18)26/h5-8,11-12,26H,9-10H2,1-4H3. The quantitative estimate of drug-likeness (QED) is 0.413. The maximum absolute atomic E-state index is 12.2. The fraction of sp³-hybridized carbons (Fsp3) is 0.333. The van der Waals surface area contributed by atoms with E-state index in [1.54, 1.807) is 18.2 Å². The molecule has 0 saturated carbocycles. The predicted molar refractivity (Wildman–Crippen MR) is 106 cm³/mol. The highest BCUT2D eigenvalue weighted by molar-refractivity contribution is 5.94. The lowest BCUT2D eigenvalue weighted by atomic mass is 9.87. The molecule has 2 heterocycles. The molecule has 29 heavy (non-hydrogen) atoms. The van der Waals surface area contributed by atoms with Crippen molar-refractivity contribution >= 4 is 23.0 Å². The second-order valence-electron chi connectivity index (χ2n) is 8.00. The number of carbonyl (C=O) groups excluding carboxylic acids is 2. The second-order valence-corrected chi connectivity index (χ2v) is 8.00. The zero-order valence-electron chi connectivity index (χ0n) is 16.8. The van der Waals surface area contributed by atoms with Crippen LogP contribution in [0.1, 0.15) is 43.6 Å². The third-order valence-electron chi connectivity index (χ3n) is 4.83. The minimum atomic E-state index is -0.482. The van der Waals surface area contributed by atoms with E-state index in [0.29, 0.717) is 11.3 Å². The first-order chi connectivity index (χ1) is 13.7. The molecule has 0 radical (unpaired) electrons. The molecule has 0 fully saturated rings. The summed E-state index contributed by atoms with van der Waals surface area (Å²) in [5.74, 6) is -0.713. The summed E-state index contributed by atoms with van der Waals surface area (Å²) in [6.07, 6.45) is 0. The topological polar surface area (TPSA) is 86.6 Å². The van der Waals surface area contributed by atoms with Gasteiger partial charge in [0.05, 0.1) is 5.56 Å². The number of rotatable bonds is 5. The molecule has 152 valence electrons. The number of hydrogen-bond acceptors (Lipinski definition) is 5. The number of phenols is 1. The van der Waals surface area contributed by atoms with Gasteiger partial charge in [0.25, 0.3) is 0 Å². The zero-order valence-corrected chi connectivity index (χ0v) is 16.8. The Kier molecular flexibility index (Phi) is 4.29. The summed E-state index contributed by atoms with van der Waals surface area (Å²) in [5.41, 5.74) is 3.94. The van der Waals surface area contributed by atoms with Crippen LogP contribution in [0.3, 0.4) is 0 Å². The first-order valence-electron chi connectivity index (χ1n) is 9.36. The molecular weight excluding hydrogens is 374 g/mol. The lowest BCUT2D eigenvalue weighted by Gasteiger charge is -2.19. The molecule has 0 atom stereocenters. The number of phenolic OH excluding ortho intramolecular Hbond substituents is 1. The molecule has 0 amide bonds. The molecule has 0 unspecified atom stereocenters. The third kappa shape index (κ3) is 3.30. The van der Waals surface area contributed by atoms with E-state index in [1.807, 2.05) is 32.3 Å². The van der Waals surface area contributed by atoms with Gasteiger partial charge >= 0.3 is 11.9 Å².